The Hall–Kier alpha value is -2.83. The molecule has 1 heteroatoms. The lowest BCUT2D eigenvalue weighted by atomic mass is 9.89. The molecule has 0 heterocycles. The van der Waals surface area contributed by atoms with Gasteiger partial charge in [-0.3, -0.25) is 0 Å². The first kappa shape index (κ1) is 14.5. The van der Waals surface area contributed by atoms with Gasteiger partial charge >= 0.3 is 0 Å². The van der Waals surface area contributed by atoms with Crippen molar-refractivity contribution >= 4 is 43.9 Å². The van der Waals surface area contributed by atoms with Crippen molar-refractivity contribution in [2.45, 2.75) is 0 Å². The predicted octanol–water partition coefficient (Wildman–Crippen LogP) is 7.47. The quantitative estimate of drug-likeness (QED) is 0.220. The molecule has 0 amide bonds. The molecule has 0 radical (unpaired) electrons. The topological polar surface area (TPSA) is 0 Å². The molecule has 0 spiro atoms. The van der Waals surface area contributed by atoms with Gasteiger partial charge in [0.25, 0.3) is 0 Å². The van der Waals surface area contributed by atoms with E-state index in [9.17, 15) is 0 Å². The highest BCUT2D eigenvalue weighted by Gasteiger charge is 2.14. The third-order valence-corrected chi connectivity index (χ3v) is 5.23. The average Bonchev–Trinajstić information content (AvgIpc) is 2.67. The Kier molecular flexibility index (Phi) is 3.26. The van der Waals surface area contributed by atoms with Crippen LogP contribution in [0, 0.1) is 0 Å². The van der Waals surface area contributed by atoms with Crippen LogP contribution in [-0.4, -0.2) is 0 Å². The average molecular weight is 339 g/mol. The Bertz CT molecular complexity index is 1250. The van der Waals surface area contributed by atoms with Crippen LogP contribution in [0.25, 0.3) is 43.4 Å². The first-order valence-electron chi connectivity index (χ1n) is 8.41. The van der Waals surface area contributed by atoms with Gasteiger partial charge in [0.2, 0.25) is 0 Å². The minimum Gasteiger partial charge on any atom is -0.0837 e. The molecule has 0 aliphatic heterocycles. The maximum absolute atomic E-state index is 6.61. The van der Waals surface area contributed by atoms with Crippen molar-refractivity contribution in [2.75, 3.05) is 0 Å². The molecule has 0 aliphatic carbocycles. The fraction of sp³-hybridized carbons (Fsp3) is 0. The monoisotopic (exact) mass is 338 g/mol. The van der Waals surface area contributed by atoms with Gasteiger partial charge in [0.15, 0.2) is 0 Å². The number of halogens is 1. The molecule has 0 saturated heterocycles. The van der Waals surface area contributed by atoms with Gasteiger partial charge in [0, 0.05) is 10.6 Å². The predicted molar refractivity (Wildman–Crippen MR) is 109 cm³/mol. The second-order valence-electron chi connectivity index (χ2n) is 6.34. The number of fused-ring (bicyclic) bond motifs is 4. The summed E-state index contributed by atoms with van der Waals surface area (Å²) in [5.41, 5.74) is 2.30. The van der Waals surface area contributed by atoms with Crippen LogP contribution in [0.4, 0.5) is 0 Å². The van der Waals surface area contributed by atoms with Crippen molar-refractivity contribution in [1.29, 1.82) is 0 Å². The fourth-order valence-electron chi connectivity index (χ4n) is 3.78. The number of benzene rings is 5. The second kappa shape index (κ2) is 5.61. The summed E-state index contributed by atoms with van der Waals surface area (Å²) in [7, 11) is 0. The van der Waals surface area contributed by atoms with Gasteiger partial charge < -0.3 is 0 Å². The smallest absolute Gasteiger partial charge is 0.0484 e. The molecule has 0 aliphatic rings. The van der Waals surface area contributed by atoms with E-state index in [1.54, 1.807) is 0 Å². The summed E-state index contributed by atoms with van der Waals surface area (Å²) in [5, 5.41) is 8.28. The van der Waals surface area contributed by atoms with E-state index in [4.69, 9.17) is 11.6 Å². The van der Waals surface area contributed by atoms with E-state index in [1.807, 2.05) is 12.1 Å². The van der Waals surface area contributed by atoms with Crippen LogP contribution in [0.5, 0.6) is 0 Å². The molecule has 0 nitrogen and oxygen atoms in total. The van der Waals surface area contributed by atoms with E-state index in [2.05, 4.69) is 78.9 Å². The normalized spacial score (nSPS) is 11.4. The van der Waals surface area contributed by atoms with E-state index in [0.717, 1.165) is 10.6 Å². The van der Waals surface area contributed by atoms with Crippen LogP contribution >= 0.6 is 11.6 Å². The number of hydrogen-bond donors (Lipinski definition) is 0. The van der Waals surface area contributed by atoms with Crippen molar-refractivity contribution < 1.29 is 0 Å². The zero-order valence-corrected chi connectivity index (χ0v) is 14.3. The van der Waals surface area contributed by atoms with Crippen LogP contribution in [0.3, 0.4) is 0 Å². The molecule has 0 saturated carbocycles. The van der Waals surface area contributed by atoms with Crippen LogP contribution in [0.15, 0.2) is 91.0 Å². The van der Waals surface area contributed by atoms with Crippen LogP contribution in [0.1, 0.15) is 0 Å². The lowest BCUT2D eigenvalue weighted by Crippen LogP contribution is -1.88. The van der Waals surface area contributed by atoms with Gasteiger partial charge in [-0.2, -0.15) is 0 Å². The summed E-state index contributed by atoms with van der Waals surface area (Å²) in [6.07, 6.45) is 0. The highest BCUT2D eigenvalue weighted by Crippen LogP contribution is 2.42. The van der Waals surface area contributed by atoms with E-state index in [0.29, 0.717) is 0 Å². The first-order chi connectivity index (χ1) is 12.3. The third kappa shape index (κ3) is 2.22. The van der Waals surface area contributed by atoms with Crippen molar-refractivity contribution in [3.8, 4) is 11.1 Å². The molecule has 0 fully saturated rings. The lowest BCUT2D eigenvalue weighted by Gasteiger charge is -2.15. The molecule has 118 valence electrons. The molecule has 0 unspecified atom stereocenters. The fourth-order valence-corrected chi connectivity index (χ4v) is 4.01. The van der Waals surface area contributed by atoms with Gasteiger partial charge in [-0.05, 0) is 50.0 Å². The van der Waals surface area contributed by atoms with Gasteiger partial charge in [0.1, 0.15) is 0 Å². The standard InChI is InChI=1S/C24H15Cl/c25-22-12-6-5-11-21(22)24-20-10-4-2-8-17(20)15-18-14-13-16-7-1-3-9-19(16)23(18)24/h1-15H. The van der Waals surface area contributed by atoms with E-state index >= 15 is 0 Å². The summed E-state index contributed by atoms with van der Waals surface area (Å²) in [6.45, 7) is 0. The van der Waals surface area contributed by atoms with Crippen molar-refractivity contribution in [2.24, 2.45) is 0 Å². The van der Waals surface area contributed by atoms with Crippen LogP contribution < -0.4 is 0 Å². The van der Waals surface area contributed by atoms with E-state index < -0.39 is 0 Å². The van der Waals surface area contributed by atoms with Gasteiger partial charge in [-0.1, -0.05) is 90.5 Å². The maximum atomic E-state index is 6.61. The summed E-state index contributed by atoms with van der Waals surface area (Å²) in [5.74, 6) is 0. The first-order valence-corrected chi connectivity index (χ1v) is 8.79. The molecule has 5 aromatic rings. The molecular weight excluding hydrogens is 324 g/mol. The Labute approximate surface area is 151 Å². The maximum Gasteiger partial charge on any atom is 0.0484 e. The Morgan fingerprint density at radius 2 is 1.16 bits per heavy atom. The van der Waals surface area contributed by atoms with Crippen molar-refractivity contribution in [1.82, 2.24) is 0 Å². The lowest BCUT2D eigenvalue weighted by molar-refractivity contribution is 1.68. The third-order valence-electron chi connectivity index (χ3n) is 4.90. The molecule has 0 atom stereocenters. The Morgan fingerprint density at radius 1 is 0.520 bits per heavy atom. The molecule has 0 aromatic heterocycles. The summed E-state index contributed by atoms with van der Waals surface area (Å²) >= 11 is 6.61. The van der Waals surface area contributed by atoms with Crippen molar-refractivity contribution in [3.05, 3.63) is 96.0 Å². The molecule has 0 N–H and O–H groups in total. The minimum atomic E-state index is 0.785. The summed E-state index contributed by atoms with van der Waals surface area (Å²) in [6, 6.07) is 31.9. The number of rotatable bonds is 1. The molecular formula is C24H15Cl. The Balaban J connectivity index is 2.11. The Morgan fingerprint density at radius 3 is 2.00 bits per heavy atom. The zero-order valence-electron chi connectivity index (χ0n) is 13.5. The number of hydrogen-bond acceptors (Lipinski definition) is 0. The zero-order chi connectivity index (χ0) is 16.8. The SMILES string of the molecule is Clc1ccccc1-c1c2ccccc2cc2ccc3ccccc3c12. The van der Waals surface area contributed by atoms with Gasteiger partial charge in [-0.25, -0.2) is 0 Å². The van der Waals surface area contributed by atoms with Gasteiger partial charge in [-0.15, -0.1) is 0 Å². The van der Waals surface area contributed by atoms with E-state index in [1.165, 1.54) is 37.9 Å². The summed E-state index contributed by atoms with van der Waals surface area (Å²) in [4.78, 5) is 0. The largest absolute Gasteiger partial charge is 0.0837 e. The molecule has 5 aromatic carbocycles. The van der Waals surface area contributed by atoms with Crippen LogP contribution in [-0.2, 0) is 0 Å². The van der Waals surface area contributed by atoms with Gasteiger partial charge in [0.05, 0.1) is 0 Å². The van der Waals surface area contributed by atoms with Crippen molar-refractivity contribution in [3.63, 3.8) is 0 Å². The van der Waals surface area contributed by atoms with Crippen LogP contribution in [0.2, 0.25) is 5.02 Å². The minimum absolute atomic E-state index is 0.785. The summed E-state index contributed by atoms with van der Waals surface area (Å²) < 4.78 is 0. The second-order valence-corrected chi connectivity index (χ2v) is 6.74. The van der Waals surface area contributed by atoms with E-state index in [-0.39, 0.29) is 0 Å². The highest BCUT2D eigenvalue weighted by molar-refractivity contribution is 6.35. The highest BCUT2D eigenvalue weighted by atomic mass is 35.5. The molecule has 5 rings (SSSR count). The molecule has 0 bridgehead atoms. The molecule has 25 heavy (non-hydrogen) atoms.